The number of carbonyl (C=O) groups excluding carboxylic acids is 1. The molecule has 2 rings (SSSR count). The molecule has 1 fully saturated rings. The smallest absolute Gasteiger partial charge is 0.338 e. The zero-order chi connectivity index (χ0) is 14.9. The van der Waals surface area contributed by atoms with Crippen molar-refractivity contribution in [1.82, 2.24) is 0 Å². The highest BCUT2D eigenvalue weighted by Gasteiger charge is 2.23. The van der Waals surface area contributed by atoms with Crippen LogP contribution in [0.1, 0.15) is 41.6 Å². The summed E-state index contributed by atoms with van der Waals surface area (Å²) in [5.74, 6) is -0.503. The first-order chi connectivity index (χ1) is 9.29. The van der Waals surface area contributed by atoms with Crippen LogP contribution in [0.5, 0.6) is 0 Å². The van der Waals surface area contributed by atoms with Gasteiger partial charge in [0.15, 0.2) is 0 Å². The van der Waals surface area contributed by atoms with Crippen molar-refractivity contribution in [1.29, 1.82) is 0 Å². The maximum absolute atomic E-state index is 12.2. The summed E-state index contributed by atoms with van der Waals surface area (Å²) < 4.78 is 28.7. The Balaban J connectivity index is 2.34. The van der Waals surface area contributed by atoms with Crippen LogP contribution in [0.3, 0.4) is 0 Å². The lowest BCUT2D eigenvalue weighted by molar-refractivity contribution is 0.0316. The van der Waals surface area contributed by atoms with Gasteiger partial charge in [-0.1, -0.05) is 15.9 Å². The molecule has 0 unspecified atom stereocenters. The SMILES string of the molecule is Cc1c(Br)cc(S(=O)(=O)Cl)cc1C(=O)OC1CCCC1. The highest BCUT2D eigenvalue weighted by Crippen LogP contribution is 2.29. The predicted molar refractivity (Wildman–Crippen MR) is 79.6 cm³/mol. The molecule has 0 bridgehead atoms. The fourth-order valence-electron chi connectivity index (χ4n) is 2.23. The Bertz CT molecular complexity index is 636. The van der Waals surface area contributed by atoms with Gasteiger partial charge in [-0.2, -0.15) is 0 Å². The molecular formula is C13H14BrClO4S. The molecule has 7 heteroatoms. The van der Waals surface area contributed by atoms with Gasteiger partial charge in [0.1, 0.15) is 6.10 Å². The number of hydrogen-bond donors (Lipinski definition) is 0. The Morgan fingerprint density at radius 3 is 2.50 bits per heavy atom. The van der Waals surface area contributed by atoms with E-state index in [1.54, 1.807) is 6.92 Å². The summed E-state index contributed by atoms with van der Waals surface area (Å²) in [6.45, 7) is 1.72. The maximum atomic E-state index is 12.2. The molecule has 0 radical (unpaired) electrons. The lowest BCUT2D eigenvalue weighted by Gasteiger charge is -2.14. The average molecular weight is 382 g/mol. The molecule has 1 aromatic rings. The Hall–Kier alpha value is -0.590. The molecule has 1 aliphatic rings. The van der Waals surface area contributed by atoms with Crippen molar-refractivity contribution in [3.8, 4) is 0 Å². The Morgan fingerprint density at radius 2 is 1.95 bits per heavy atom. The number of hydrogen-bond acceptors (Lipinski definition) is 4. The van der Waals surface area contributed by atoms with Crippen molar-refractivity contribution in [2.75, 3.05) is 0 Å². The minimum absolute atomic E-state index is 0.0723. The van der Waals surface area contributed by atoms with E-state index < -0.39 is 15.0 Å². The minimum Gasteiger partial charge on any atom is -0.459 e. The first-order valence-electron chi connectivity index (χ1n) is 6.25. The molecule has 1 aromatic carbocycles. The predicted octanol–water partition coefficient (Wildman–Crippen LogP) is 3.78. The second-order valence-corrected chi connectivity index (χ2v) is 8.25. The fourth-order valence-corrected chi connectivity index (χ4v) is 3.62. The molecule has 0 saturated heterocycles. The second kappa shape index (κ2) is 6.03. The highest BCUT2D eigenvalue weighted by molar-refractivity contribution is 9.10. The molecule has 0 aliphatic heterocycles. The number of rotatable bonds is 3. The van der Waals surface area contributed by atoms with E-state index in [-0.39, 0.29) is 16.6 Å². The van der Waals surface area contributed by atoms with E-state index in [1.807, 2.05) is 0 Å². The highest BCUT2D eigenvalue weighted by atomic mass is 79.9. The van der Waals surface area contributed by atoms with Gasteiger partial charge in [-0.15, -0.1) is 0 Å². The Labute approximate surface area is 131 Å². The molecule has 0 heterocycles. The van der Waals surface area contributed by atoms with Crippen LogP contribution in [0.15, 0.2) is 21.5 Å². The van der Waals surface area contributed by atoms with Crippen molar-refractivity contribution >= 4 is 41.6 Å². The molecule has 4 nitrogen and oxygen atoms in total. The van der Waals surface area contributed by atoms with Crippen molar-refractivity contribution in [3.63, 3.8) is 0 Å². The molecule has 0 amide bonds. The van der Waals surface area contributed by atoms with Crippen LogP contribution < -0.4 is 0 Å². The molecule has 1 saturated carbocycles. The van der Waals surface area contributed by atoms with E-state index in [1.165, 1.54) is 12.1 Å². The zero-order valence-corrected chi connectivity index (χ0v) is 14.0. The minimum atomic E-state index is -3.89. The zero-order valence-electron chi connectivity index (χ0n) is 10.9. The summed E-state index contributed by atoms with van der Waals surface area (Å²) >= 11 is 3.24. The standard InChI is InChI=1S/C13H14BrClO4S/c1-8-11(13(16)19-9-4-2-3-5-9)6-10(7-12(8)14)20(15,17)18/h6-7,9H,2-5H2,1H3. The quantitative estimate of drug-likeness (QED) is 0.590. The van der Waals surface area contributed by atoms with Crippen molar-refractivity contribution in [3.05, 3.63) is 27.7 Å². The van der Waals surface area contributed by atoms with E-state index in [4.69, 9.17) is 15.4 Å². The van der Waals surface area contributed by atoms with Crippen LogP contribution in [0, 0.1) is 6.92 Å². The molecule has 20 heavy (non-hydrogen) atoms. The second-order valence-electron chi connectivity index (χ2n) is 4.83. The molecule has 0 N–H and O–H groups in total. The van der Waals surface area contributed by atoms with E-state index in [9.17, 15) is 13.2 Å². The number of carbonyl (C=O) groups is 1. The first kappa shape index (κ1) is 15.8. The normalized spacial score (nSPS) is 16.4. The van der Waals surface area contributed by atoms with E-state index in [0.717, 1.165) is 25.7 Å². The van der Waals surface area contributed by atoms with Crippen LogP contribution in [-0.2, 0) is 13.8 Å². The van der Waals surface area contributed by atoms with Crippen molar-refractivity contribution in [2.24, 2.45) is 0 Å². The van der Waals surface area contributed by atoms with Gasteiger partial charge in [0.25, 0.3) is 9.05 Å². The third-order valence-corrected chi connectivity index (χ3v) is 5.55. The number of esters is 1. The monoisotopic (exact) mass is 380 g/mol. The lowest BCUT2D eigenvalue weighted by atomic mass is 10.1. The van der Waals surface area contributed by atoms with Gasteiger partial charge in [0, 0.05) is 15.2 Å². The maximum Gasteiger partial charge on any atom is 0.338 e. The van der Waals surface area contributed by atoms with Crippen LogP contribution in [-0.4, -0.2) is 20.5 Å². The van der Waals surface area contributed by atoms with E-state index >= 15 is 0 Å². The summed E-state index contributed by atoms with van der Waals surface area (Å²) in [4.78, 5) is 12.1. The summed E-state index contributed by atoms with van der Waals surface area (Å²) in [5, 5.41) is 0. The summed E-state index contributed by atoms with van der Waals surface area (Å²) in [5.41, 5.74) is 0.863. The third-order valence-electron chi connectivity index (χ3n) is 3.40. The number of benzene rings is 1. The van der Waals surface area contributed by atoms with Crippen LogP contribution in [0.4, 0.5) is 0 Å². The first-order valence-corrected chi connectivity index (χ1v) is 9.35. The molecule has 0 aromatic heterocycles. The van der Waals surface area contributed by atoms with Gasteiger partial charge in [-0.25, -0.2) is 13.2 Å². The van der Waals surface area contributed by atoms with Crippen LogP contribution in [0.25, 0.3) is 0 Å². The third kappa shape index (κ3) is 3.54. The summed E-state index contributed by atoms with van der Waals surface area (Å²) in [7, 11) is 1.44. The molecular weight excluding hydrogens is 368 g/mol. The number of halogens is 2. The van der Waals surface area contributed by atoms with Gasteiger partial charge in [-0.3, -0.25) is 0 Å². The Morgan fingerprint density at radius 1 is 1.35 bits per heavy atom. The van der Waals surface area contributed by atoms with Gasteiger partial charge in [0.2, 0.25) is 0 Å². The van der Waals surface area contributed by atoms with Gasteiger partial charge in [-0.05, 0) is 50.3 Å². The molecule has 1 aliphatic carbocycles. The van der Waals surface area contributed by atoms with Gasteiger partial charge < -0.3 is 4.74 Å². The largest absolute Gasteiger partial charge is 0.459 e. The molecule has 0 atom stereocenters. The lowest BCUT2D eigenvalue weighted by Crippen LogP contribution is -2.16. The number of ether oxygens (including phenoxy) is 1. The van der Waals surface area contributed by atoms with Crippen molar-refractivity contribution < 1.29 is 17.9 Å². The molecule has 0 spiro atoms. The summed E-state index contributed by atoms with van der Waals surface area (Å²) in [6.07, 6.45) is 3.75. The average Bonchev–Trinajstić information content (AvgIpc) is 2.83. The van der Waals surface area contributed by atoms with Crippen molar-refractivity contribution in [2.45, 2.75) is 43.6 Å². The fraction of sp³-hybridized carbons (Fsp3) is 0.462. The van der Waals surface area contributed by atoms with Crippen LogP contribution >= 0.6 is 26.6 Å². The van der Waals surface area contributed by atoms with E-state index in [0.29, 0.717) is 10.0 Å². The Kier molecular flexibility index (Phi) is 4.76. The van der Waals surface area contributed by atoms with Gasteiger partial charge in [0.05, 0.1) is 10.5 Å². The summed E-state index contributed by atoms with van der Waals surface area (Å²) in [6, 6.07) is 2.64. The molecule has 110 valence electrons. The van der Waals surface area contributed by atoms with Gasteiger partial charge >= 0.3 is 5.97 Å². The topological polar surface area (TPSA) is 60.4 Å². The van der Waals surface area contributed by atoms with E-state index in [2.05, 4.69) is 15.9 Å². The van der Waals surface area contributed by atoms with Crippen LogP contribution in [0.2, 0.25) is 0 Å².